The topological polar surface area (TPSA) is 70.1 Å². The molecule has 1 heterocycles. The van der Waals surface area contributed by atoms with Gasteiger partial charge in [-0.05, 0) is 19.4 Å². The van der Waals surface area contributed by atoms with Crippen LogP contribution >= 0.6 is 0 Å². The summed E-state index contributed by atoms with van der Waals surface area (Å²) < 4.78 is 6.85. The molecule has 0 unspecified atom stereocenters. The van der Waals surface area contributed by atoms with Gasteiger partial charge in [-0.25, -0.2) is 0 Å². The van der Waals surface area contributed by atoms with Gasteiger partial charge >= 0.3 is 0 Å². The summed E-state index contributed by atoms with van der Waals surface area (Å²) >= 11 is 0. The van der Waals surface area contributed by atoms with Crippen molar-refractivity contribution < 1.29 is 9.53 Å². The highest BCUT2D eigenvalue weighted by atomic mass is 16.5. The number of primary amides is 1. The number of nitrogens with two attached hydrogens (primary N) is 1. The summed E-state index contributed by atoms with van der Waals surface area (Å²) in [7, 11) is 1.64. The van der Waals surface area contributed by atoms with Gasteiger partial charge in [0.2, 0.25) is 0 Å². The number of methoxy groups -OCH3 is 1. The van der Waals surface area contributed by atoms with Crippen molar-refractivity contribution in [2.75, 3.05) is 13.7 Å². The average molecular weight is 211 g/mol. The summed E-state index contributed by atoms with van der Waals surface area (Å²) in [4.78, 5) is 11.0. The van der Waals surface area contributed by atoms with E-state index in [1.54, 1.807) is 17.9 Å². The first-order valence-electron chi connectivity index (χ1n) is 4.97. The van der Waals surface area contributed by atoms with Gasteiger partial charge in [-0.15, -0.1) is 0 Å². The Labute approximate surface area is 89.2 Å². The molecule has 5 nitrogen and oxygen atoms in total. The average Bonchev–Trinajstić information content (AvgIpc) is 2.61. The van der Waals surface area contributed by atoms with E-state index in [9.17, 15) is 4.79 Å². The Morgan fingerprint density at radius 3 is 2.87 bits per heavy atom. The molecule has 0 fully saturated rings. The number of hydrogen-bond acceptors (Lipinski definition) is 3. The van der Waals surface area contributed by atoms with Crippen LogP contribution in [0, 0.1) is 0 Å². The molecule has 0 saturated carbocycles. The molecule has 0 radical (unpaired) electrons. The minimum atomic E-state index is -0.493. The molecule has 5 heteroatoms. The largest absolute Gasteiger partial charge is 0.382 e. The van der Waals surface area contributed by atoms with Gasteiger partial charge in [0.15, 0.2) is 0 Å². The molecule has 1 amide bonds. The number of amides is 1. The number of rotatable bonds is 5. The number of aromatic nitrogens is 2. The zero-order valence-corrected chi connectivity index (χ0v) is 9.36. The number of ether oxygens (including phenoxy) is 1. The van der Waals surface area contributed by atoms with Gasteiger partial charge in [0, 0.05) is 12.8 Å². The predicted octanol–water partition coefficient (Wildman–Crippen LogP) is 0.752. The third kappa shape index (κ3) is 2.56. The Hall–Kier alpha value is -1.36. The van der Waals surface area contributed by atoms with Gasteiger partial charge in [0.1, 0.15) is 5.69 Å². The molecule has 2 N–H and O–H groups in total. The smallest absolute Gasteiger partial charge is 0.269 e. The van der Waals surface area contributed by atoms with E-state index in [1.807, 2.05) is 13.8 Å². The van der Waals surface area contributed by atoms with Crippen LogP contribution in [0.5, 0.6) is 0 Å². The van der Waals surface area contributed by atoms with Crippen LogP contribution < -0.4 is 5.73 Å². The highest BCUT2D eigenvalue weighted by molar-refractivity contribution is 5.90. The van der Waals surface area contributed by atoms with Crippen LogP contribution in [0.4, 0.5) is 0 Å². The summed E-state index contributed by atoms with van der Waals surface area (Å²) in [5.41, 5.74) is 6.49. The molecular weight excluding hydrogens is 194 g/mol. The minimum Gasteiger partial charge on any atom is -0.382 e. The Morgan fingerprint density at radius 1 is 1.73 bits per heavy atom. The van der Waals surface area contributed by atoms with Gasteiger partial charge in [-0.3, -0.25) is 9.48 Å². The third-order valence-electron chi connectivity index (χ3n) is 2.25. The predicted molar refractivity (Wildman–Crippen MR) is 56.7 cm³/mol. The van der Waals surface area contributed by atoms with Crippen LogP contribution in [0.2, 0.25) is 0 Å². The van der Waals surface area contributed by atoms with Crippen LogP contribution in [-0.2, 0) is 11.2 Å². The molecule has 15 heavy (non-hydrogen) atoms. The standard InChI is InChI=1S/C10H17N3O2/c1-4-8-5-9(10(11)14)12-13(8)7(2)6-15-3/h5,7H,4,6H2,1-3H3,(H2,11,14)/t7-/m1/s1. The van der Waals surface area contributed by atoms with Gasteiger partial charge in [-0.1, -0.05) is 6.92 Å². The lowest BCUT2D eigenvalue weighted by molar-refractivity contribution is 0.0993. The van der Waals surface area contributed by atoms with Crippen molar-refractivity contribution in [3.63, 3.8) is 0 Å². The number of carbonyl (C=O) groups excluding carboxylic acids is 1. The maximum absolute atomic E-state index is 11.0. The maximum atomic E-state index is 11.0. The van der Waals surface area contributed by atoms with Crippen molar-refractivity contribution in [2.45, 2.75) is 26.3 Å². The SMILES string of the molecule is CCc1cc(C(N)=O)nn1[C@H](C)COC. The van der Waals surface area contributed by atoms with E-state index in [0.717, 1.165) is 12.1 Å². The second-order valence-corrected chi connectivity index (χ2v) is 3.49. The summed E-state index contributed by atoms with van der Waals surface area (Å²) in [5, 5.41) is 4.16. The molecule has 0 spiro atoms. The quantitative estimate of drug-likeness (QED) is 0.781. The zero-order valence-electron chi connectivity index (χ0n) is 9.36. The fourth-order valence-corrected chi connectivity index (χ4v) is 1.51. The lowest BCUT2D eigenvalue weighted by atomic mass is 10.2. The normalized spacial score (nSPS) is 12.7. The van der Waals surface area contributed by atoms with Crippen LogP contribution in [-0.4, -0.2) is 29.4 Å². The zero-order chi connectivity index (χ0) is 11.4. The molecule has 1 rings (SSSR count). The van der Waals surface area contributed by atoms with Crippen molar-refractivity contribution in [3.8, 4) is 0 Å². The molecule has 1 atom stereocenters. The molecule has 0 aliphatic heterocycles. The van der Waals surface area contributed by atoms with Gasteiger partial charge < -0.3 is 10.5 Å². The van der Waals surface area contributed by atoms with E-state index in [-0.39, 0.29) is 6.04 Å². The Balaban J connectivity index is 2.99. The fraction of sp³-hybridized carbons (Fsp3) is 0.600. The van der Waals surface area contributed by atoms with Gasteiger partial charge in [0.05, 0.1) is 12.6 Å². The summed E-state index contributed by atoms with van der Waals surface area (Å²) in [6, 6.07) is 1.84. The Morgan fingerprint density at radius 2 is 2.40 bits per heavy atom. The number of nitrogens with zero attached hydrogens (tertiary/aromatic N) is 2. The Bertz CT molecular complexity index is 346. The number of aryl methyl sites for hydroxylation is 1. The van der Waals surface area contributed by atoms with E-state index in [1.165, 1.54) is 0 Å². The molecule has 0 aliphatic carbocycles. The monoisotopic (exact) mass is 211 g/mol. The van der Waals surface area contributed by atoms with E-state index in [0.29, 0.717) is 12.3 Å². The molecule has 0 bridgehead atoms. The van der Waals surface area contributed by atoms with Crippen LogP contribution in [0.25, 0.3) is 0 Å². The maximum Gasteiger partial charge on any atom is 0.269 e. The van der Waals surface area contributed by atoms with Crippen LogP contribution in [0.1, 0.15) is 36.1 Å². The second kappa shape index (κ2) is 4.93. The first kappa shape index (κ1) is 11.7. The van der Waals surface area contributed by atoms with Crippen molar-refractivity contribution in [1.82, 2.24) is 9.78 Å². The van der Waals surface area contributed by atoms with Crippen LogP contribution in [0.15, 0.2) is 6.07 Å². The van der Waals surface area contributed by atoms with Crippen molar-refractivity contribution in [2.24, 2.45) is 5.73 Å². The van der Waals surface area contributed by atoms with Gasteiger partial charge in [-0.2, -0.15) is 5.10 Å². The van der Waals surface area contributed by atoms with Crippen molar-refractivity contribution >= 4 is 5.91 Å². The minimum absolute atomic E-state index is 0.109. The molecule has 1 aromatic rings. The first-order chi connectivity index (χ1) is 7.10. The molecule has 0 saturated heterocycles. The first-order valence-corrected chi connectivity index (χ1v) is 4.97. The molecule has 0 aliphatic rings. The number of hydrogen-bond donors (Lipinski definition) is 1. The lowest BCUT2D eigenvalue weighted by Crippen LogP contribution is -2.17. The second-order valence-electron chi connectivity index (χ2n) is 3.49. The van der Waals surface area contributed by atoms with Crippen molar-refractivity contribution in [1.29, 1.82) is 0 Å². The Kier molecular flexibility index (Phi) is 3.85. The molecule has 1 aromatic heterocycles. The van der Waals surface area contributed by atoms with E-state index < -0.39 is 5.91 Å². The lowest BCUT2D eigenvalue weighted by Gasteiger charge is -2.13. The summed E-state index contributed by atoms with van der Waals surface area (Å²) in [6.45, 7) is 4.56. The molecule has 0 aromatic carbocycles. The molecular formula is C10H17N3O2. The third-order valence-corrected chi connectivity index (χ3v) is 2.25. The summed E-state index contributed by atoms with van der Waals surface area (Å²) in [5.74, 6) is -0.493. The van der Waals surface area contributed by atoms with E-state index in [4.69, 9.17) is 10.5 Å². The molecule has 84 valence electrons. The highest BCUT2D eigenvalue weighted by Gasteiger charge is 2.14. The fourth-order valence-electron chi connectivity index (χ4n) is 1.51. The van der Waals surface area contributed by atoms with E-state index >= 15 is 0 Å². The highest BCUT2D eigenvalue weighted by Crippen LogP contribution is 2.12. The van der Waals surface area contributed by atoms with Crippen molar-refractivity contribution in [3.05, 3.63) is 17.5 Å². The van der Waals surface area contributed by atoms with Crippen LogP contribution in [0.3, 0.4) is 0 Å². The van der Waals surface area contributed by atoms with E-state index in [2.05, 4.69) is 5.10 Å². The van der Waals surface area contributed by atoms with Gasteiger partial charge in [0.25, 0.3) is 5.91 Å². The number of carbonyl (C=O) groups is 1. The summed E-state index contributed by atoms with van der Waals surface area (Å²) in [6.07, 6.45) is 0.814.